The minimum Gasteiger partial charge on any atom is -0.455 e. The maximum absolute atomic E-state index is 6.98. The summed E-state index contributed by atoms with van der Waals surface area (Å²) in [5.41, 5.74) is 20.1. The molecule has 0 spiro atoms. The maximum Gasteiger partial charge on any atom is 0.164 e. The lowest BCUT2D eigenvalue weighted by molar-refractivity contribution is 0.670. The van der Waals surface area contributed by atoms with E-state index in [9.17, 15) is 0 Å². The molecular formula is C51H38B6N4O. The van der Waals surface area contributed by atoms with Crippen LogP contribution in [0.25, 0.3) is 106 Å². The summed E-state index contributed by atoms with van der Waals surface area (Å²) >= 11 is 0. The molecule has 0 aliphatic rings. The highest BCUT2D eigenvalue weighted by molar-refractivity contribution is 6.62. The Morgan fingerprint density at radius 3 is 1.48 bits per heavy atom. The van der Waals surface area contributed by atoms with E-state index in [1.165, 1.54) is 54.6 Å². The van der Waals surface area contributed by atoms with E-state index in [0.717, 1.165) is 66.6 Å². The van der Waals surface area contributed by atoms with Crippen LogP contribution >= 0.6 is 0 Å². The third-order valence-corrected chi connectivity index (χ3v) is 12.8. The van der Waals surface area contributed by atoms with Gasteiger partial charge in [-0.3, -0.25) is 0 Å². The van der Waals surface area contributed by atoms with Crippen LogP contribution in [-0.2, 0) is 0 Å². The Balaban J connectivity index is 1.14. The summed E-state index contributed by atoms with van der Waals surface area (Å²) in [5.74, 6) is 1.81. The van der Waals surface area contributed by atoms with Crippen molar-refractivity contribution < 1.29 is 4.42 Å². The van der Waals surface area contributed by atoms with Crippen molar-refractivity contribution >= 4 is 124 Å². The number of hydrogen-bond acceptors (Lipinski definition) is 4. The number of fused-ring (bicyclic) bond motifs is 6. The van der Waals surface area contributed by atoms with Crippen LogP contribution in [0.5, 0.6) is 0 Å². The number of furan rings is 1. The molecule has 0 aliphatic heterocycles. The molecule has 11 rings (SSSR count). The normalized spacial score (nSPS) is 11.6. The highest BCUT2D eigenvalue weighted by Crippen LogP contribution is 2.41. The van der Waals surface area contributed by atoms with Gasteiger partial charge in [0.1, 0.15) is 58.2 Å². The maximum atomic E-state index is 6.98. The first-order valence-corrected chi connectivity index (χ1v) is 21.3. The first-order valence-electron chi connectivity index (χ1n) is 21.3. The van der Waals surface area contributed by atoms with Gasteiger partial charge in [0, 0.05) is 49.7 Å². The van der Waals surface area contributed by atoms with Crippen LogP contribution in [0.4, 0.5) is 0 Å². The SMILES string of the molecule is Bc1cc(B)c2c(c1B)c1c(B)c(B)cc(B)c1n2-c1cc(-c2ccccc2)c2oc3cc(-c4nc(-c5ccccc5)nc(-c5cccc(-c6ccccc6)c5)n4)ccc3c2c1. The van der Waals surface area contributed by atoms with Gasteiger partial charge >= 0.3 is 0 Å². The molecule has 0 fully saturated rings. The molecule has 62 heavy (non-hydrogen) atoms. The lowest BCUT2D eigenvalue weighted by atomic mass is 9.71. The van der Waals surface area contributed by atoms with Crippen molar-refractivity contribution in [2.24, 2.45) is 0 Å². The minimum absolute atomic E-state index is 0.581. The van der Waals surface area contributed by atoms with Gasteiger partial charge in [0.15, 0.2) is 17.5 Å². The van der Waals surface area contributed by atoms with E-state index >= 15 is 0 Å². The highest BCUT2D eigenvalue weighted by atomic mass is 16.3. The smallest absolute Gasteiger partial charge is 0.164 e. The zero-order valence-corrected chi connectivity index (χ0v) is 35.7. The van der Waals surface area contributed by atoms with E-state index in [0.29, 0.717) is 17.5 Å². The van der Waals surface area contributed by atoms with Gasteiger partial charge in [-0.15, -0.1) is 0 Å². The summed E-state index contributed by atoms with van der Waals surface area (Å²) in [6, 6.07) is 55.2. The summed E-state index contributed by atoms with van der Waals surface area (Å²) in [6.45, 7) is 0. The summed E-state index contributed by atoms with van der Waals surface area (Å²) in [7, 11) is 13.5. The van der Waals surface area contributed by atoms with E-state index in [1.54, 1.807) is 0 Å². The van der Waals surface area contributed by atoms with Gasteiger partial charge < -0.3 is 8.98 Å². The largest absolute Gasteiger partial charge is 0.455 e. The van der Waals surface area contributed by atoms with Crippen LogP contribution in [-0.4, -0.2) is 66.6 Å². The molecule has 8 aromatic carbocycles. The van der Waals surface area contributed by atoms with E-state index in [4.69, 9.17) is 19.4 Å². The molecule has 0 atom stereocenters. The highest BCUT2D eigenvalue weighted by Gasteiger charge is 2.23. The monoisotopic (exact) mass is 788 g/mol. The van der Waals surface area contributed by atoms with Crippen LogP contribution in [0.15, 0.2) is 162 Å². The molecule has 286 valence electrons. The average molecular weight is 788 g/mol. The van der Waals surface area contributed by atoms with Crippen LogP contribution in [0.3, 0.4) is 0 Å². The molecule has 0 bridgehead atoms. The first-order chi connectivity index (χ1) is 30.2. The fourth-order valence-corrected chi connectivity index (χ4v) is 9.49. The molecule has 3 heterocycles. The van der Waals surface area contributed by atoms with Gasteiger partial charge in [-0.1, -0.05) is 160 Å². The molecule has 0 aliphatic carbocycles. The zero-order chi connectivity index (χ0) is 42.2. The standard InChI is InChI=1S/C51H38B6N4O/c52-37-25-39(54)46-42(44(37)56)43-45(57)38(53)26-40(55)47(43)61(46)33-23-35(28-13-6-2-7-14-28)48-36(24-33)34-20-19-32(22-41(34)62-48)51-59-49(29-15-8-3-9-16-29)58-50(60-51)31-18-10-17-30(21-31)27-11-4-1-5-12-27/h1-26H,52-57H2. The number of nitrogens with zero attached hydrogens (tertiary/aromatic N) is 4. The molecule has 0 saturated heterocycles. The van der Waals surface area contributed by atoms with Crippen molar-refractivity contribution in [3.8, 4) is 62.1 Å². The third-order valence-electron chi connectivity index (χ3n) is 12.8. The zero-order valence-electron chi connectivity index (χ0n) is 35.7. The molecule has 3 aromatic heterocycles. The van der Waals surface area contributed by atoms with Crippen molar-refractivity contribution in [1.82, 2.24) is 19.5 Å². The molecule has 0 saturated carbocycles. The van der Waals surface area contributed by atoms with Gasteiger partial charge in [-0.05, 0) is 57.8 Å². The second-order valence-corrected chi connectivity index (χ2v) is 16.7. The van der Waals surface area contributed by atoms with Crippen molar-refractivity contribution in [1.29, 1.82) is 0 Å². The van der Waals surface area contributed by atoms with Gasteiger partial charge in [0.25, 0.3) is 0 Å². The molecule has 11 aromatic rings. The number of rotatable bonds is 6. The molecule has 0 N–H and O–H groups in total. The Kier molecular flexibility index (Phi) is 8.97. The van der Waals surface area contributed by atoms with E-state index in [-0.39, 0.29) is 0 Å². The summed E-state index contributed by atoms with van der Waals surface area (Å²) in [5, 5.41) is 4.76. The van der Waals surface area contributed by atoms with Crippen LogP contribution < -0.4 is 32.8 Å². The number of aromatic nitrogens is 4. The number of hydrogen-bond donors (Lipinski definition) is 0. The van der Waals surface area contributed by atoms with Gasteiger partial charge in [-0.2, -0.15) is 0 Å². The predicted molar refractivity (Wildman–Crippen MR) is 278 cm³/mol. The quantitative estimate of drug-likeness (QED) is 0.244. The lowest BCUT2D eigenvalue weighted by Gasteiger charge is -2.15. The summed E-state index contributed by atoms with van der Waals surface area (Å²) < 4.78 is 9.49. The van der Waals surface area contributed by atoms with Gasteiger partial charge in [-0.25, -0.2) is 15.0 Å². The predicted octanol–water partition coefficient (Wildman–Crippen LogP) is 2.75. The molecular weight excluding hydrogens is 749 g/mol. The molecule has 5 nitrogen and oxygen atoms in total. The molecule has 0 unspecified atom stereocenters. The first kappa shape index (κ1) is 37.7. The second kappa shape index (κ2) is 14.7. The lowest BCUT2D eigenvalue weighted by Crippen LogP contribution is -2.33. The third kappa shape index (κ3) is 6.14. The van der Waals surface area contributed by atoms with E-state index < -0.39 is 0 Å². The van der Waals surface area contributed by atoms with Crippen LogP contribution in [0, 0.1) is 0 Å². The Labute approximate surface area is 365 Å². The summed E-state index contributed by atoms with van der Waals surface area (Å²) in [4.78, 5) is 15.3. The van der Waals surface area contributed by atoms with Gasteiger partial charge in [0.2, 0.25) is 0 Å². The average Bonchev–Trinajstić information content (AvgIpc) is 3.88. The van der Waals surface area contributed by atoms with Crippen LogP contribution in [0.1, 0.15) is 0 Å². The number of benzene rings is 8. The van der Waals surface area contributed by atoms with Crippen LogP contribution in [0.2, 0.25) is 0 Å². The van der Waals surface area contributed by atoms with Crippen molar-refractivity contribution in [2.75, 3.05) is 0 Å². The molecule has 0 radical (unpaired) electrons. The minimum atomic E-state index is 0.581. The molecule has 11 heteroatoms. The van der Waals surface area contributed by atoms with E-state index in [2.05, 4.69) is 173 Å². The van der Waals surface area contributed by atoms with E-state index in [1.807, 2.05) is 36.4 Å². The van der Waals surface area contributed by atoms with Crippen molar-refractivity contribution in [3.63, 3.8) is 0 Å². The van der Waals surface area contributed by atoms with Crippen molar-refractivity contribution in [2.45, 2.75) is 0 Å². The fraction of sp³-hybridized carbons (Fsp3) is 0. The fourth-order valence-electron chi connectivity index (χ4n) is 9.49. The Hall–Kier alpha value is -7.24. The topological polar surface area (TPSA) is 56.7 Å². The Morgan fingerprint density at radius 2 is 0.887 bits per heavy atom. The second-order valence-electron chi connectivity index (χ2n) is 16.7. The molecule has 0 amide bonds. The van der Waals surface area contributed by atoms with Gasteiger partial charge in [0.05, 0.1) is 0 Å². The Morgan fingerprint density at radius 1 is 0.387 bits per heavy atom. The summed E-state index contributed by atoms with van der Waals surface area (Å²) in [6.07, 6.45) is 0. The Bertz CT molecular complexity index is 3520. The van der Waals surface area contributed by atoms with Crippen molar-refractivity contribution in [3.05, 3.63) is 158 Å².